The quantitative estimate of drug-likeness (QED) is 0.439. The van der Waals surface area contributed by atoms with Gasteiger partial charge in [0.1, 0.15) is 5.78 Å². The largest absolute Gasteiger partial charge is 0.378 e. The average Bonchev–Trinajstić information content (AvgIpc) is 2.73. The van der Waals surface area contributed by atoms with Crippen LogP contribution in [-0.2, 0) is 9.09 Å². The van der Waals surface area contributed by atoms with E-state index >= 15 is 0 Å². The van der Waals surface area contributed by atoms with Crippen LogP contribution in [0.1, 0.15) is 30.8 Å². The Hall–Kier alpha value is -2.55. The van der Waals surface area contributed by atoms with Crippen molar-refractivity contribution >= 4 is 24.0 Å². The van der Waals surface area contributed by atoms with Gasteiger partial charge in [-0.3, -0.25) is 4.57 Å². The first kappa shape index (κ1) is 22.1. The van der Waals surface area contributed by atoms with Crippen LogP contribution in [0.3, 0.4) is 0 Å². The number of benzene rings is 3. The predicted molar refractivity (Wildman–Crippen MR) is 128 cm³/mol. The maximum absolute atomic E-state index is 14.6. The molecule has 0 fully saturated rings. The summed E-state index contributed by atoms with van der Waals surface area (Å²) in [6.45, 7) is 5.90. The molecule has 0 aliphatic rings. The molecule has 0 aliphatic heterocycles. The van der Waals surface area contributed by atoms with E-state index < -0.39 is 13.2 Å². The topological polar surface area (TPSA) is 41.6 Å². The summed E-state index contributed by atoms with van der Waals surface area (Å²) in [5.41, 5.74) is 4.05. The summed E-state index contributed by atoms with van der Waals surface area (Å²) in [6, 6.07) is 25.8. The molecule has 0 spiro atoms. The molecule has 0 aliphatic carbocycles. The van der Waals surface area contributed by atoms with Gasteiger partial charge in [0.15, 0.2) is 0 Å². The molecule has 0 radical (unpaired) electrons. The standard InChI is InChI=1S/C25H31N2O2P/c1-19(2)29-30(28,24-17-15-23(16-18-24)27(4)5)25(21-13-11-20(3)12-14-21)26-22-9-7-6-8-10-22/h6-19,25-26H,1-5H3/t25-,30-/m0/s1. The molecule has 0 heterocycles. The Morgan fingerprint density at radius 2 is 1.47 bits per heavy atom. The molecular weight excluding hydrogens is 391 g/mol. The second-order valence-electron chi connectivity index (χ2n) is 7.99. The van der Waals surface area contributed by atoms with Crippen LogP contribution in [0.4, 0.5) is 11.4 Å². The van der Waals surface area contributed by atoms with Crippen LogP contribution in [0, 0.1) is 6.92 Å². The number of nitrogens with one attached hydrogen (secondary N) is 1. The zero-order chi connectivity index (χ0) is 21.7. The van der Waals surface area contributed by atoms with Crippen LogP contribution in [0.25, 0.3) is 0 Å². The van der Waals surface area contributed by atoms with Gasteiger partial charge in [-0.2, -0.15) is 0 Å². The highest BCUT2D eigenvalue weighted by atomic mass is 31.2. The lowest BCUT2D eigenvalue weighted by atomic mass is 10.1. The Morgan fingerprint density at radius 1 is 0.867 bits per heavy atom. The molecule has 0 bridgehead atoms. The third-order valence-corrected chi connectivity index (χ3v) is 7.76. The van der Waals surface area contributed by atoms with Gasteiger partial charge in [-0.1, -0.05) is 48.0 Å². The Kier molecular flexibility index (Phi) is 7.02. The van der Waals surface area contributed by atoms with Gasteiger partial charge in [0.2, 0.25) is 0 Å². The van der Waals surface area contributed by atoms with E-state index in [1.54, 1.807) is 0 Å². The summed E-state index contributed by atoms with van der Waals surface area (Å²) in [5, 5.41) is 4.20. The molecule has 0 saturated carbocycles. The van der Waals surface area contributed by atoms with Gasteiger partial charge in [-0.05, 0) is 62.7 Å². The van der Waals surface area contributed by atoms with Crippen LogP contribution >= 0.6 is 7.37 Å². The summed E-state index contributed by atoms with van der Waals surface area (Å²) in [5.74, 6) is -0.506. The van der Waals surface area contributed by atoms with Crippen LogP contribution in [0.2, 0.25) is 0 Å². The van der Waals surface area contributed by atoms with E-state index in [9.17, 15) is 4.57 Å². The molecule has 0 saturated heterocycles. The van der Waals surface area contributed by atoms with Crippen LogP contribution < -0.4 is 15.5 Å². The minimum absolute atomic E-state index is 0.185. The van der Waals surface area contributed by atoms with Crippen LogP contribution in [-0.4, -0.2) is 20.2 Å². The molecule has 158 valence electrons. The molecule has 3 aromatic rings. The van der Waals surface area contributed by atoms with Crippen molar-refractivity contribution in [3.8, 4) is 0 Å². The lowest BCUT2D eigenvalue weighted by molar-refractivity contribution is 0.245. The molecule has 3 rings (SSSR count). The number of nitrogens with zero attached hydrogens (tertiary/aromatic N) is 1. The fourth-order valence-electron chi connectivity index (χ4n) is 3.35. The second kappa shape index (κ2) is 9.51. The average molecular weight is 423 g/mol. The number of hydrogen-bond donors (Lipinski definition) is 1. The molecule has 2 atom stereocenters. The minimum atomic E-state index is -3.32. The van der Waals surface area contributed by atoms with E-state index in [-0.39, 0.29) is 6.10 Å². The summed E-state index contributed by atoms with van der Waals surface area (Å²) in [6.07, 6.45) is -0.185. The van der Waals surface area contributed by atoms with Crippen molar-refractivity contribution in [2.75, 3.05) is 24.3 Å². The molecule has 0 aromatic heterocycles. The normalized spacial score (nSPS) is 14.2. The van der Waals surface area contributed by atoms with Crippen molar-refractivity contribution in [2.24, 2.45) is 0 Å². The first-order chi connectivity index (χ1) is 14.3. The van der Waals surface area contributed by atoms with Gasteiger partial charge in [-0.15, -0.1) is 0 Å². The number of para-hydroxylation sites is 1. The molecule has 4 nitrogen and oxygen atoms in total. The molecular formula is C25H31N2O2P. The van der Waals surface area contributed by atoms with Crippen molar-refractivity contribution in [3.63, 3.8) is 0 Å². The number of anilines is 2. The highest BCUT2D eigenvalue weighted by Crippen LogP contribution is 2.59. The van der Waals surface area contributed by atoms with Gasteiger partial charge in [0, 0.05) is 30.8 Å². The molecule has 0 amide bonds. The van der Waals surface area contributed by atoms with Crippen LogP contribution in [0.15, 0.2) is 78.9 Å². The summed E-state index contributed by atoms with van der Waals surface area (Å²) in [7, 11) is 0.663. The summed E-state index contributed by atoms with van der Waals surface area (Å²) in [4.78, 5) is 2.03. The monoisotopic (exact) mass is 422 g/mol. The predicted octanol–water partition coefficient (Wildman–Crippen LogP) is 6.20. The third-order valence-electron chi connectivity index (χ3n) is 4.90. The molecule has 30 heavy (non-hydrogen) atoms. The van der Waals surface area contributed by atoms with E-state index in [0.717, 1.165) is 22.5 Å². The maximum atomic E-state index is 14.6. The lowest BCUT2D eigenvalue weighted by Crippen LogP contribution is -2.22. The fourth-order valence-corrected chi connectivity index (χ4v) is 5.96. The van der Waals surface area contributed by atoms with E-state index in [1.807, 2.05) is 119 Å². The zero-order valence-electron chi connectivity index (χ0n) is 18.4. The number of aryl methyl sites for hydroxylation is 1. The molecule has 1 N–H and O–H groups in total. The number of rotatable bonds is 8. The Balaban J connectivity index is 2.12. The lowest BCUT2D eigenvalue weighted by Gasteiger charge is -2.31. The Morgan fingerprint density at radius 3 is 2.00 bits per heavy atom. The Bertz CT molecular complexity index is 984. The van der Waals surface area contributed by atoms with E-state index in [1.165, 1.54) is 0 Å². The minimum Gasteiger partial charge on any atom is -0.378 e. The molecule has 5 heteroatoms. The molecule has 3 aromatic carbocycles. The highest BCUT2D eigenvalue weighted by molar-refractivity contribution is 7.67. The smallest absolute Gasteiger partial charge is 0.258 e. The van der Waals surface area contributed by atoms with E-state index in [0.29, 0.717) is 5.30 Å². The number of hydrogen-bond acceptors (Lipinski definition) is 4. The van der Waals surface area contributed by atoms with Gasteiger partial charge in [0.05, 0.1) is 6.10 Å². The highest BCUT2D eigenvalue weighted by Gasteiger charge is 2.38. The first-order valence-electron chi connectivity index (χ1n) is 10.2. The maximum Gasteiger partial charge on any atom is 0.258 e. The third kappa shape index (κ3) is 5.13. The summed E-state index contributed by atoms with van der Waals surface area (Å²) < 4.78 is 20.8. The van der Waals surface area contributed by atoms with E-state index in [2.05, 4.69) is 5.32 Å². The van der Waals surface area contributed by atoms with E-state index in [4.69, 9.17) is 4.52 Å². The van der Waals surface area contributed by atoms with Gasteiger partial charge < -0.3 is 14.7 Å². The SMILES string of the molecule is Cc1ccc([C@@H](Nc2ccccc2)[P@@](=O)(OC(C)C)c2ccc(N(C)C)cc2)cc1. The molecule has 0 unspecified atom stereocenters. The van der Waals surface area contributed by atoms with Gasteiger partial charge in [-0.25, -0.2) is 0 Å². The van der Waals surface area contributed by atoms with Gasteiger partial charge >= 0.3 is 0 Å². The first-order valence-corrected chi connectivity index (χ1v) is 11.9. The van der Waals surface area contributed by atoms with Crippen molar-refractivity contribution in [1.29, 1.82) is 0 Å². The van der Waals surface area contributed by atoms with Crippen molar-refractivity contribution in [2.45, 2.75) is 32.7 Å². The van der Waals surface area contributed by atoms with Crippen molar-refractivity contribution in [1.82, 2.24) is 0 Å². The second-order valence-corrected chi connectivity index (χ2v) is 10.4. The van der Waals surface area contributed by atoms with Crippen molar-refractivity contribution < 1.29 is 9.09 Å². The summed E-state index contributed by atoms with van der Waals surface area (Å²) >= 11 is 0. The fraction of sp³-hybridized carbons (Fsp3) is 0.280. The van der Waals surface area contributed by atoms with Crippen molar-refractivity contribution in [3.05, 3.63) is 90.0 Å². The Labute approximate surface area is 180 Å². The van der Waals surface area contributed by atoms with Crippen LogP contribution in [0.5, 0.6) is 0 Å². The van der Waals surface area contributed by atoms with Gasteiger partial charge in [0.25, 0.3) is 7.37 Å². The zero-order valence-corrected chi connectivity index (χ0v) is 19.3.